The van der Waals surface area contributed by atoms with Gasteiger partial charge in [-0.15, -0.1) is 0 Å². The van der Waals surface area contributed by atoms with E-state index in [4.69, 9.17) is 0 Å². The second-order valence-electron chi connectivity index (χ2n) is 4.97. The Bertz CT molecular complexity index is 439. The minimum absolute atomic E-state index is 0.108. The van der Waals surface area contributed by atoms with Crippen molar-refractivity contribution in [2.45, 2.75) is 25.8 Å². The van der Waals surface area contributed by atoms with Crippen molar-refractivity contribution in [2.75, 3.05) is 37.3 Å². The lowest BCUT2D eigenvalue weighted by atomic mass is 10.2. The highest BCUT2D eigenvalue weighted by Gasteiger charge is 2.21. The summed E-state index contributed by atoms with van der Waals surface area (Å²) in [4.78, 5) is 6.17. The number of rotatable bonds is 5. The summed E-state index contributed by atoms with van der Waals surface area (Å²) in [5, 5.41) is 5.91. The molecule has 0 bridgehead atoms. The van der Waals surface area contributed by atoms with Crippen LogP contribution in [0, 0.1) is 11.6 Å². The van der Waals surface area contributed by atoms with Gasteiger partial charge in [0.2, 0.25) is 0 Å². The number of halogens is 2. The Hall–Kier alpha value is -1.43. The van der Waals surface area contributed by atoms with Crippen LogP contribution in [0.2, 0.25) is 0 Å². The number of likely N-dealkylation sites (tertiary alicyclic amines) is 1. The first-order valence-electron chi connectivity index (χ1n) is 6.65. The standard InChI is InChI=1S/C13H20F2N4/c1-3-5-16-12-10(14)7-11(15)13(18-12)17-9-4-6-19(2)8-9/h7,9H,3-6,8H2,1-2H3,(H2,16,17,18). The molecule has 1 saturated heterocycles. The van der Waals surface area contributed by atoms with E-state index in [0.29, 0.717) is 6.54 Å². The molecular weight excluding hydrogens is 250 g/mol. The number of hydrogen-bond acceptors (Lipinski definition) is 4. The monoisotopic (exact) mass is 270 g/mol. The Morgan fingerprint density at radius 1 is 1.37 bits per heavy atom. The van der Waals surface area contributed by atoms with Crippen LogP contribution in [0.15, 0.2) is 6.07 Å². The number of aromatic nitrogens is 1. The van der Waals surface area contributed by atoms with Gasteiger partial charge in [0, 0.05) is 25.2 Å². The maximum atomic E-state index is 13.7. The highest BCUT2D eigenvalue weighted by molar-refractivity contribution is 5.48. The number of pyridine rings is 1. The van der Waals surface area contributed by atoms with Crippen molar-refractivity contribution in [1.29, 1.82) is 0 Å². The first kappa shape index (κ1) is 14.0. The molecule has 106 valence electrons. The molecule has 0 saturated carbocycles. The minimum atomic E-state index is -0.653. The van der Waals surface area contributed by atoms with Crippen LogP contribution in [0.25, 0.3) is 0 Å². The molecule has 19 heavy (non-hydrogen) atoms. The van der Waals surface area contributed by atoms with E-state index in [0.717, 1.165) is 32.0 Å². The number of likely N-dealkylation sites (N-methyl/N-ethyl adjacent to an activating group) is 1. The zero-order valence-electron chi connectivity index (χ0n) is 11.3. The van der Waals surface area contributed by atoms with Crippen molar-refractivity contribution in [3.63, 3.8) is 0 Å². The van der Waals surface area contributed by atoms with Gasteiger partial charge in [-0.1, -0.05) is 6.92 Å². The van der Waals surface area contributed by atoms with Gasteiger partial charge in [-0.25, -0.2) is 13.8 Å². The Labute approximate surface area is 112 Å². The minimum Gasteiger partial charge on any atom is -0.368 e. The highest BCUT2D eigenvalue weighted by atomic mass is 19.1. The van der Waals surface area contributed by atoms with Crippen LogP contribution in [0.3, 0.4) is 0 Å². The third-order valence-corrected chi connectivity index (χ3v) is 3.20. The summed E-state index contributed by atoms with van der Waals surface area (Å²) in [6.45, 7) is 4.40. The van der Waals surface area contributed by atoms with Gasteiger partial charge in [0.25, 0.3) is 0 Å². The van der Waals surface area contributed by atoms with Crippen LogP contribution in [-0.2, 0) is 0 Å². The third kappa shape index (κ3) is 3.53. The smallest absolute Gasteiger partial charge is 0.168 e. The van der Waals surface area contributed by atoms with Crippen molar-refractivity contribution in [3.8, 4) is 0 Å². The predicted molar refractivity (Wildman–Crippen MR) is 72.5 cm³/mol. The predicted octanol–water partition coefficient (Wildman–Crippen LogP) is 2.30. The van der Waals surface area contributed by atoms with Gasteiger partial charge < -0.3 is 15.5 Å². The van der Waals surface area contributed by atoms with Gasteiger partial charge in [0.05, 0.1) is 0 Å². The van der Waals surface area contributed by atoms with Gasteiger partial charge in [-0.3, -0.25) is 0 Å². The fourth-order valence-corrected chi connectivity index (χ4v) is 2.18. The molecule has 0 spiro atoms. The summed E-state index contributed by atoms with van der Waals surface area (Å²) in [5.41, 5.74) is 0. The maximum absolute atomic E-state index is 13.7. The van der Waals surface area contributed by atoms with E-state index in [-0.39, 0.29) is 17.7 Å². The van der Waals surface area contributed by atoms with Gasteiger partial charge >= 0.3 is 0 Å². The average molecular weight is 270 g/mol. The molecule has 4 nitrogen and oxygen atoms in total. The average Bonchev–Trinajstić information content (AvgIpc) is 2.77. The van der Waals surface area contributed by atoms with Crippen molar-refractivity contribution in [1.82, 2.24) is 9.88 Å². The van der Waals surface area contributed by atoms with Crippen molar-refractivity contribution < 1.29 is 8.78 Å². The van der Waals surface area contributed by atoms with E-state index in [2.05, 4.69) is 20.5 Å². The highest BCUT2D eigenvalue weighted by Crippen LogP contribution is 2.21. The topological polar surface area (TPSA) is 40.2 Å². The molecule has 0 amide bonds. The van der Waals surface area contributed by atoms with Crippen LogP contribution < -0.4 is 10.6 Å². The summed E-state index contributed by atoms with van der Waals surface area (Å²) in [6.07, 6.45) is 1.79. The third-order valence-electron chi connectivity index (χ3n) is 3.20. The molecule has 2 heterocycles. The lowest BCUT2D eigenvalue weighted by Gasteiger charge is -2.15. The summed E-state index contributed by atoms with van der Waals surface area (Å²) in [7, 11) is 2.02. The molecule has 1 atom stereocenters. The lowest BCUT2D eigenvalue weighted by molar-refractivity contribution is 0.413. The van der Waals surface area contributed by atoms with E-state index in [1.165, 1.54) is 0 Å². The van der Waals surface area contributed by atoms with E-state index in [1.807, 2.05) is 14.0 Å². The molecule has 0 aliphatic carbocycles. The normalized spacial score (nSPS) is 19.7. The Morgan fingerprint density at radius 2 is 2.11 bits per heavy atom. The summed E-state index contributed by atoms with van der Waals surface area (Å²) >= 11 is 0. The number of hydrogen-bond donors (Lipinski definition) is 2. The molecule has 1 fully saturated rings. The Morgan fingerprint density at radius 3 is 2.74 bits per heavy atom. The fourth-order valence-electron chi connectivity index (χ4n) is 2.18. The number of anilines is 2. The van der Waals surface area contributed by atoms with Crippen LogP contribution in [0.5, 0.6) is 0 Å². The van der Waals surface area contributed by atoms with Crippen LogP contribution in [-0.4, -0.2) is 42.6 Å². The number of nitrogens with one attached hydrogen (secondary N) is 2. The van der Waals surface area contributed by atoms with Gasteiger partial charge in [-0.2, -0.15) is 0 Å². The molecule has 1 aromatic rings. The van der Waals surface area contributed by atoms with Gasteiger partial charge in [-0.05, 0) is 26.4 Å². The van der Waals surface area contributed by atoms with Crippen LogP contribution in [0.4, 0.5) is 20.4 Å². The molecule has 1 aliphatic rings. The van der Waals surface area contributed by atoms with Crippen LogP contribution in [0.1, 0.15) is 19.8 Å². The first-order valence-corrected chi connectivity index (χ1v) is 6.65. The molecular formula is C13H20F2N4. The van der Waals surface area contributed by atoms with Crippen molar-refractivity contribution in [2.24, 2.45) is 0 Å². The molecule has 2 N–H and O–H groups in total. The quantitative estimate of drug-likeness (QED) is 0.861. The van der Waals surface area contributed by atoms with E-state index >= 15 is 0 Å². The summed E-state index contributed by atoms with van der Waals surface area (Å²) in [5.74, 6) is -1.06. The van der Waals surface area contributed by atoms with Gasteiger partial charge in [0.1, 0.15) is 0 Å². The largest absolute Gasteiger partial charge is 0.368 e. The lowest BCUT2D eigenvalue weighted by Crippen LogP contribution is -2.25. The molecule has 0 radical (unpaired) electrons. The number of nitrogens with zero attached hydrogens (tertiary/aromatic N) is 2. The molecule has 1 aromatic heterocycles. The van der Waals surface area contributed by atoms with Crippen molar-refractivity contribution in [3.05, 3.63) is 17.7 Å². The second kappa shape index (κ2) is 6.14. The fraction of sp³-hybridized carbons (Fsp3) is 0.615. The molecule has 0 aromatic carbocycles. The molecule has 6 heteroatoms. The zero-order chi connectivity index (χ0) is 13.8. The van der Waals surface area contributed by atoms with E-state index in [1.54, 1.807) is 0 Å². The van der Waals surface area contributed by atoms with Gasteiger partial charge in [0.15, 0.2) is 23.3 Å². The second-order valence-corrected chi connectivity index (χ2v) is 4.97. The molecule has 1 aliphatic heterocycles. The van der Waals surface area contributed by atoms with Crippen molar-refractivity contribution >= 4 is 11.6 Å². The Balaban J connectivity index is 2.10. The van der Waals surface area contributed by atoms with E-state index < -0.39 is 11.6 Å². The Kier molecular flexibility index (Phi) is 4.52. The summed E-state index contributed by atoms with van der Waals surface area (Å²) in [6, 6.07) is 1.04. The molecule has 1 unspecified atom stereocenters. The molecule has 2 rings (SSSR count). The van der Waals surface area contributed by atoms with Crippen LogP contribution >= 0.6 is 0 Å². The summed E-state index contributed by atoms with van der Waals surface area (Å²) < 4.78 is 27.2. The SMILES string of the molecule is CCCNc1nc(NC2CCN(C)C2)c(F)cc1F. The maximum Gasteiger partial charge on any atom is 0.168 e. The van der Waals surface area contributed by atoms with E-state index in [9.17, 15) is 8.78 Å². The first-order chi connectivity index (χ1) is 9.10. The zero-order valence-corrected chi connectivity index (χ0v) is 11.3.